The first-order valence-electron chi connectivity index (χ1n) is 6.98. The maximum Gasteiger partial charge on any atom is 0.0725 e. The number of hydrogen-bond acceptors (Lipinski definition) is 2. The van der Waals surface area contributed by atoms with Gasteiger partial charge in [-0.05, 0) is 63.3 Å². The van der Waals surface area contributed by atoms with Crippen LogP contribution < -0.4 is 5.32 Å². The second-order valence-corrected chi connectivity index (χ2v) is 6.23. The van der Waals surface area contributed by atoms with Crippen molar-refractivity contribution < 1.29 is 4.74 Å². The molecule has 1 aliphatic rings. The van der Waals surface area contributed by atoms with E-state index >= 15 is 0 Å². The summed E-state index contributed by atoms with van der Waals surface area (Å²) in [6.45, 7) is 9.35. The van der Waals surface area contributed by atoms with Crippen LogP contribution in [0.25, 0.3) is 0 Å². The van der Waals surface area contributed by atoms with Crippen LogP contribution in [0.3, 0.4) is 0 Å². The summed E-state index contributed by atoms with van der Waals surface area (Å²) in [6.07, 6.45) is 3.67. The highest BCUT2D eigenvalue weighted by Crippen LogP contribution is 2.21. The molecule has 0 amide bonds. The van der Waals surface area contributed by atoms with Crippen LogP contribution in [-0.4, -0.2) is 12.1 Å². The highest BCUT2D eigenvalue weighted by molar-refractivity contribution is 5.33. The lowest BCUT2D eigenvalue weighted by atomic mass is 10.0. The van der Waals surface area contributed by atoms with Crippen molar-refractivity contribution in [2.24, 2.45) is 0 Å². The minimum absolute atomic E-state index is 0.241. The first-order chi connectivity index (χ1) is 8.54. The minimum Gasteiger partial charge on any atom is -0.372 e. The highest BCUT2D eigenvalue weighted by Gasteiger charge is 2.11. The number of nitrogens with one attached hydrogen (secondary N) is 1. The van der Waals surface area contributed by atoms with Gasteiger partial charge in [0.15, 0.2) is 0 Å². The Morgan fingerprint density at radius 3 is 2.67 bits per heavy atom. The van der Waals surface area contributed by atoms with E-state index in [1.165, 1.54) is 36.0 Å². The quantitative estimate of drug-likeness (QED) is 0.805. The number of rotatable bonds is 5. The fourth-order valence-electron chi connectivity index (χ4n) is 2.30. The number of aryl methyl sites for hydroxylation is 1. The Hall–Kier alpha value is -0.860. The highest BCUT2D eigenvalue weighted by atomic mass is 16.5. The Labute approximate surface area is 111 Å². The Morgan fingerprint density at radius 1 is 1.11 bits per heavy atom. The molecule has 0 unspecified atom stereocenters. The molecule has 1 aromatic rings. The van der Waals surface area contributed by atoms with Gasteiger partial charge in [0.05, 0.1) is 13.2 Å². The van der Waals surface area contributed by atoms with E-state index in [-0.39, 0.29) is 5.54 Å². The Balaban J connectivity index is 1.71. The molecular weight excluding hydrogens is 222 g/mol. The standard InChI is InChI=1S/C16H25NO/c1-16(2,3)17-9-5-4-6-13-7-8-14-11-18-12-15(14)10-13/h7-8,10,17H,4-6,9,11-12H2,1-3H3. The zero-order chi connectivity index (χ0) is 13.0. The van der Waals surface area contributed by atoms with Gasteiger partial charge in [-0.25, -0.2) is 0 Å². The smallest absolute Gasteiger partial charge is 0.0725 e. The SMILES string of the molecule is CC(C)(C)NCCCCc1ccc2c(c1)COC2. The minimum atomic E-state index is 0.241. The van der Waals surface area contributed by atoms with Gasteiger partial charge in [0.25, 0.3) is 0 Å². The maximum atomic E-state index is 5.44. The summed E-state index contributed by atoms with van der Waals surface area (Å²) in [6, 6.07) is 6.80. The molecule has 0 spiro atoms. The summed E-state index contributed by atoms with van der Waals surface area (Å²) in [5, 5.41) is 3.53. The molecule has 2 heteroatoms. The molecule has 0 bridgehead atoms. The van der Waals surface area contributed by atoms with Gasteiger partial charge in [0, 0.05) is 5.54 Å². The van der Waals surface area contributed by atoms with Gasteiger partial charge in [-0.1, -0.05) is 18.2 Å². The largest absolute Gasteiger partial charge is 0.372 e. The first kappa shape index (κ1) is 13.6. The first-order valence-corrected chi connectivity index (χ1v) is 6.98. The molecule has 0 saturated carbocycles. The fourth-order valence-corrected chi connectivity index (χ4v) is 2.30. The molecule has 0 radical (unpaired) electrons. The van der Waals surface area contributed by atoms with Crippen molar-refractivity contribution in [2.45, 2.75) is 58.8 Å². The Morgan fingerprint density at radius 2 is 1.89 bits per heavy atom. The Bertz CT molecular complexity index is 393. The van der Waals surface area contributed by atoms with E-state index in [0.717, 1.165) is 19.8 Å². The molecule has 1 aromatic carbocycles. The van der Waals surface area contributed by atoms with Crippen LogP contribution in [-0.2, 0) is 24.4 Å². The van der Waals surface area contributed by atoms with Crippen LogP contribution in [0.15, 0.2) is 18.2 Å². The predicted molar refractivity (Wildman–Crippen MR) is 75.6 cm³/mol. The number of hydrogen-bond donors (Lipinski definition) is 1. The van der Waals surface area contributed by atoms with E-state index in [4.69, 9.17) is 4.74 Å². The van der Waals surface area contributed by atoms with Crippen LogP contribution in [0.2, 0.25) is 0 Å². The molecule has 1 N–H and O–H groups in total. The number of ether oxygens (including phenoxy) is 1. The van der Waals surface area contributed by atoms with Crippen molar-refractivity contribution in [3.05, 3.63) is 34.9 Å². The van der Waals surface area contributed by atoms with Crippen molar-refractivity contribution in [3.63, 3.8) is 0 Å². The van der Waals surface area contributed by atoms with Crippen LogP contribution in [0.5, 0.6) is 0 Å². The van der Waals surface area contributed by atoms with E-state index in [2.05, 4.69) is 44.3 Å². The zero-order valence-electron chi connectivity index (χ0n) is 11.9. The van der Waals surface area contributed by atoms with Gasteiger partial charge in [0.2, 0.25) is 0 Å². The average Bonchev–Trinajstić information content (AvgIpc) is 2.74. The molecule has 18 heavy (non-hydrogen) atoms. The molecular formula is C16H25NO. The van der Waals surface area contributed by atoms with Crippen LogP contribution >= 0.6 is 0 Å². The van der Waals surface area contributed by atoms with Crippen LogP contribution in [0.1, 0.15) is 50.3 Å². The number of fused-ring (bicyclic) bond motifs is 1. The molecule has 0 saturated heterocycles. The van der Waals surface area contributed by atoms with Crippen LogP contribution in [0.4, 0.5) is 0 Å². The third kappa shape index (κ3) is 4.11. The summed E-state index contributed by atoms with van der Waals surface area (Å²) < 4.78 is 5.44. The molecule has 2 nitrogen and oxygen atoms in total. The summed E-state index contributed by atoms with van der Waals surface area (Å²) >= 11 is 0. The van der Waals surface area contributed by atoms with E-state index in [0.29, 0.717) is 0 Å². The molecule has 0 aromatic heterocycles. The molecule has 1 aliphatic heterocycles. The maximum absolute atomic E-state index is 5.44. The lowest BCUT2D eigenvalue weighted by molar-refractivity contribution is 0.134. The topological polar surface area (TPSA) is 21.3 Å². The zero-order valence-corrected chi connectivity index (χ0v) is 11.9. The summed E-state index contributed by atoms with van der Waals surface area (Å²) in [7, 11) is 0. The predicted octanol–water partition coefficient (Wildman–Crippen LogP) is 3.43. The molecule has 0 aliphatic carbocycles. The van der Waals surface area contributed by atoms with Crippen molar-refractivity contribution in [3.8, 4) is 0 Å². The second-order valence-electron chi connectivity index (χ2n) is 6.23. The van der Waals surface area contributed by atoms with Gasteiger partial charge in [-0.15, -0.1) is 0 Å². The van der Waals surface area contributed by atoms with Crippen molar-refractivity contribution in [2.75, 3.05) is 6.54 Å². The van der Waals surface area contributed by atoms with Crippen molar-refractivity contribution in [1.82, 2.24) is 5.32 Å². The van der Waals surface area contributed by atoms with Gasteiger partial charge < -0.3 is 10.1 Å². The van der Waals surface area contributed by atoms with Gasteiger partial charge in [-0.3, -0.25) is 0 Å². The summed E-state index contributed by atoms with van der Waals surface area (Å²) in [5.74, 6) is 0. The lowest BCUT2D eigenvalue weighted by Gasteiger charge is -2.20. The summed E-state index contributed by atoms with van der Waals surface area (Å²) in [5.41, 5.74) is 4.45. The normalized spacial score (nSPS) is 14.8. The van der Waals surface area contributed by atoms with Gasteiger partial charge in [0.1, 0.15) is 0 Å². The van der Waals surface area contributed by atoms with Crippen molar-refractivity contribution >= 4 is 0 Å². The number of unbranched alkanes of at least 4 members (excludes halogenated alkanes) is 1. The summed E-state index contributed by atoms with van der Waals surface area (Å²) in [4.78, 5) is 0. The van der Waals surface area contributed by atoms with E-state index < -0.39 is 0 Å². The third-order valence-corrected chi connectivity index (χ3v) is 3.33. The van der Waals surface area contributed by atoms with E-state index in [9.17, 15) is 0 Å². The third-order valence-electron chi connectivity index (χ3n) is 3.33. The molecule has 2 rings (SSSR count). The fraction of sp³-hybridized carbons (Fsp3) is 0.625. The monoisotopic (exact) mass is 247 g/mol. The van der Waals surface area contributed by atoms with E-state index in [1.54, 1.807) is 0 Å². The van der Waals surface area contributed by atoms with Crippen molar-refractivity contribution in [1.29, 1.82) is 0 Å². The average molecular weight is 247 g/mol. The molecule has 0 fully saturated rings. The molecule has 1 heterocycles. The second kappa shape index (κ2) is 5.85. The van der Waals surface area contributed by atoms with E-state index in [1.807, 2.05) is 0 Å². The van der Waals surface area contributed by atoms with Crippen LogP contribution in [0, 0.1) is 0 Å². The number of benzene rings is 1. The lowest BCUT2D eigenvalue weighted by Crippen LogP contribution is -2.36. The van der Waals surface area contributed by atoms with Gasteiger partial charge in [-0.2, -0.15) is 0 Å². The molecule has 0 atom stereocenters. The van der Waals surface area contributed by atoms with Gasteiger partial charge >= 0.3 is 0 Å². The Kier molecular flexibility index (Phi) is 4.41. The molecule has 100 valence electrons.